The predicted octanol–water partition coefficient (Wildman–Crippen LogP) is 0.0539. The molecular formula is C10H14N5O7P. The van der Waals surface area contributed by atoms with Crippen LogP contribution in [-0.2, 0) is 19.7 Å². The van der Waals surface area contributed by atoms with Gasteiger partial charge in [0.2, 0.25) is 5.85 Å². The molecule has 2 rings (SSSR count). The molecule has 0 saturated carbocycles. The SMILES string of the molecule is Cc1cn([C@@]2(N=[N+]=[N-])CC[C@@H](COP(=O)(O)O)O2)c(=O)[nH]c1=O. The highest BCUT2D eigenvalue weighted by Gasteiger charge is 2.43. The molecule has 1 aromatic heterocycles. The number of phosphoric acid groups is 1. The van der Waals surface area contributed by atoms with Crippen molar-refractivity contribution in [2.75, 3.05) is 6.61 Å². The van der Waals surface area contributed by atoms with Gasteiger partial charge in [-0.2, -0.15) is 0 Å². The normalized spacial score (nSPS) is 24.4. The molecule has 0 aromatic carbocycles. The van der Waals surface area contributed by atoms with E-state index in [1.165, 1.54) is 13.1 Å². The summed E-state index contributed by atoms with van der Waals surface area (Å²) in [6.45, 7) is 1.02. The average molecular weight is 347 g/mol. The van der Waals surface area contributed by atoms with Gasteiger partial charge in [-0.05, 0) is 24.0 Å². The largest absolute Gasteiger partial charge is 0.469 e. The van der Waals surface area contributed by atoms with E-state index < -0.39 is 37.6 Å². The summed E-state index contributed by atoms with van der Waals surface area (Å²) in [5.41, 5.74) is 7.54. The molecule has 0 bridgehead atoms. The lowest BCUT2D eigenvalue weighted by molar-refractivity contribution is -0.108. The van der Waals surface area contributed by atoms with Crippen molar-refractivity contribution >= 4 is 7.82 Å². The second-order valence-electron chi connectivity index (χ2n) is 4.94. The third-order valence-electron chi connectivity index (χ3n) is 3.27. The van der Waals surface area contributed by atoms with Gasteiger partial charge in [0.1, 0.15) is 0 Å². The highest BCUT2D eigenvalue weighted by Crippen LogP contribution is 2.40. The number of hydrogen-bond acceptors (Lipinski definition) is 6. The lowest BCUT2D eigenvalue weighted by Crippen LogP contribution is -2.43. The molecule has 12 nitrogen and oxygen atoms in total. The first-order valence-corrected chi connectivity index (χ1v) is 7.97. The Labute approximate surface area is 128 Å². The monoisotopic (exact) mass is 347 g/mol. The lowest BCUT2D eigenvalue weighted by atomic mass is 10.2. The zero-order chi connectivity index (χ0) is 17.3. The molecule has 1 fully saturated rings. The van der Waals surface area contributed by atoms with E-state index in [0.29, 0.717) is 0 Å². The Hall–Kier alpha value is -1.94. The molecule has 0 amide bonds. The van der Waals surface area contributed by atoms with Crippen LogP contribution < -0.4 is 11.2 Å². The maximum atomic E-state index is 12.0. The third kappa shape index (κ3) is 3.88. The second kappa shape index (κ2) is 6.28. The molecule has 3 N–H and O–H groups in total. The van der Waals surface area contributed by atoms with Crippen molar-refractivity contribution < 1.29 is 23.6 Å². The van der Waals surface area contributed by atoms with E-state index in [1.54, 1.807) is 0 Å². The van der Waals surface area contributed by atoms with Gasteiger partial charge in [0, 0.05) is 23.1 Å². The molecule has 1 aliphatic rings. The van der Waals surface area contributed by atoms with Crippen molar-refractivity contribution in [1.82, 2.24) is 9.55 Å². The smallest absolute Gasteiger partial charge is 0.344 e. The van der Waals surface area contributed by atoms with Crippen LogP contribution >= 0.6 is 7.82 Å². The summed E-state index contributed by atoms with van der Waals surface area (Å²) in [5.74, 6) is -1.73. The molecule has 0 unspecified atom stereocenters. The number of H-pyrrole nitrogens is 1. The van der Waals surface area contributed by atoms with Gasteiger partial charge in [-0.3, -0.25) is 18.9 Å². The van der Waals surface area contributed by atoms with Crippen LogP contribution in [-0.4, -0.2) is 32.0 Å². The van der Waals surface area contributed by atoms with Gasteiger partial charge in [0.05, 0.1) is 12.7 Å². The number of aryl methyl sites for hydroxylation is 1. The molecule has 0 spiro atoms. The summed E-state index contributed by atoms with van der Waals surface area (Å²) in [6.07, 6.45) is 0.691. The number of aromatic nitrogens is 2. The number of aromatic amines is 1. The molecule has 0 radical (unpaired) electrons. The van der Waals surface area contributed by atoms with Crippen LogP contribution in [0.5, 0.6) is 0 Å². The fraction of sp³-hybridized carbons (Fsp3) is 0.600. The second-order valence-corrected chi connectivity index (χ2v) is 6.18. The Balaban J connectivity index is 2.34. The molecular weight excluding hydrogens is 333 g/mol. The summed E-state index contributed by atoms with van der Waals surface area (Å²) in [4.78, 5) is 45.5. The average Bonchev–Trinajstić information content (AvgIpc) is 2.85. The number of nitrogens with zero attached hydrogens (tertiary/aromatic N) is 4. The zero-order valence-electron chi connectivity index (χ0n) is 11.9. The predicted molar refractivity (Wildman–Crippen MR) is 75.3 cm³/mol. The first kappa shape index (κ1) is 17.4. The topological polar surface area (TPSA) is 180 Å². The van der Waals surface area contributed by atoms with Crippen LogP contribution in [0.4, 0.5) is 0 Å². The fourth-order valence-electron chi connectivity index (χ4n) is 2.23. The van der Waals surface area contributed by atoms with E-state index in [9.17, 15) is 14.2 Å². The summed E-state index contributed by atoms with van der Waals surface area (Å²) >= 11 is 0. The van der Waals surface area contributed by atoms with Crippen LogP contribution in [0.1, 0.15) is 18.4 Å². The standard InChI is InChI=1S/C10H14N5O7P/c1-6-4-15(9(17)12-8(6)16)10(13-14-11)3-2-7(22-10)5-21-23(18,19)20/h4,7H,2-3,5H2,1H3,(H,12,16,17)(H2,18,19,20)/t7-,10-/m0/s1. The van der Waals surface area contributed by atoms with Gasteiger partial charge in [-0.15, -0.1) is 0 Å². The van der Waals surface area contributed by atoms with Crippen molar-refractivity contribution in [1.29, 1.82) is 0 Å². The molecule has 2 atom stereocenters. The maximum absolute atomic E-state index is 12.0. The Morgan fingerprint density at radius 2 is 2.35 bits per heavy atom. The maximum Gasteiger partial charge on any atom is 0.469 e. The van der Waals surface area contributed by atoms with Gasteiger partial charge in [0.25, 0.3) is 5.56 Å². The number of phosphoric ester groups is 1. The summed E-state index contributed by atoms with van der Waals surface area (Å²) < 4.78 is 21.5. The van der Waals surface area contributed by atoms with Crippen LogP contribution in [0, 0.1) is 6.92 Å². The van der Waals surface area contributed by atoms with Gasteiger partial charge < -0.3 is 14.5 Å². The van der Waals surface area contributed by atoms with E-state index in [4.69, 9.17) is 20.1 Å². The van der Waals surface area contributed by atoms with Gasteiger partial charge in [-0.25, -0.2) is 9.36 Å². The first-order chi connectivity index (χ1) is 10.7. The number of nitrogens with one attached hydrogen (secondary N) is 1. The van der Waals surface area contributed by atoms with Crippen LogP contribution in [0.2, 0.25) is 0 Å². The van der Waals surface area contributed by atoms with E-state index in [1.807, 2.05) is 0 Å². The molecule has 1 aliphatic heterocycles. The van der Waals surface area contributed by atoms with E-state index in [2.05, 4.69) is 19.5 Å². The molecule has 23 heavy (non-hydrogen) atoms. The van der Waals surface area contributed by atoms with E-state index in [0.717, 1.165) is 4.57 Å². The van der Waals surface area contributed by atoms with Crippen LogP contribution in [0.15, 0.2) is 20.9 Å². The Bertz CT molecular complexity index is 807. The molecule has 0 aliphatic carbocycles. The third-order valence-corrected chi connectivity index (χ3v) is 3.76. The molecule has 2 heterocycles. The van der Waals surface area contributed by atoms with Crippen molar-refractivity contribution in [2.45, 2.75) is 31.7 Å². The summed E-state index contributed by atoms with van der Waals surface area (Å²) in [6, 6.07) is 0. The van der Waals surface area contributed by atoms with Crippen molar-refractivity contribution in [3.8, 4) is 0 Å². The van der Waals surface area contributed by atoms with Crippen LogP contribution in [0.3, 0.4) is 0 Å². The molecule has 1 aromatic rings. The van der Waals surface area contributed by atoms with Crippen molar-refractivity contribution in [3.63, 3.8) is 0 Å². The van der Waals surface area contributed by atoms with Crippen molar-refractivity contribution in [2.24, 2.45) is 5.11 Å². The number of rotatable bonds is 5. The minimum absolute atomic E-state index is 0.0671. The Kier molecular flexibility index (Phi) is 4.76. The molecule has 13 heteroatoms. The van der Waals surface area contributed by atoms with Gasteiger partial charge >= 0.3 is 13.5 Å². The van der Waals surface area contributed by atoms with Crippen LogP contribution in [0.25, 0.3) is 10.4 Å². The quantitative estimate of drug-likeness (QED) is 0.291. The fourth-order valence-corrected chi connectivity index (χ4v) is 2.59. The highest BCUT2D eigenvalue weighted by molar-refractivity contribution is 7.46. The lowest BCUT2D eigenvalue weighted by Gasteiger charge is -2.26. The van der Waals surface area contributed by atoms with Gasteiger partial charge in [0.15, 0.2) is 0 Å². The number of ether oxygens (including phenoxy) is 1. The van der Waals surface area contributed by atoms with E-state index in [-0.39, 0.29) is 18.4 Å². The first-order valence-electron chi connectivity index (χ1n) is 6.44. The summed E-state index contributed by atoms with van der Waals surface area (Å²) in [5, 5.41) is 3.50. The highest BCUT2D eigenvalue weighted by atomic mass is 31.2. The minimum Gasteiger partial charge on any atom is -0.344 e. The Morgan fingerprint density at radius 1 is 1.65 bits per heavy atom. The van der Waals surface area contributed by atoms with Gasteiger partial charge in [-0.1, -0.05) is 0 Å². The molecule has 1 saturated heterocycles. The minimum atomic E-state index is -4.67. The summed E-state index contributed by atoms with van der Waals surface area (Å²) in [7, 11) is -4.67. The Morgan fingerprint density at radius 3 is 2.96 bits per heavy atom. The van der Waals surface area contributed by atoms with E-state index >= 15 is 0 Å². The number of azide groups is 1. The van der Waals surface area contributed by atoms with Crippen molar-refractivity contribution in [3.05, 3.63) is 43.0 Å². The molecule has 126 valence electrons. The zero-order valence-corrected chi connectivity index (χ0v) is 12.8. The number of hydrogen-bond donors (Lipinski definition) is 3.